The van der Waals surface area contributed by atoms with Gasteiger partial charge >= 0.3 is 0 Å². The van der Waals surface area contributed by atoms with Crippen LogP contribution in [0.5, 0.6) is 0 Å². The van der Waals surface area contributed by atoms with Crippen molar-refractivity contribution >= 4 is 45.7 Å². The maximum Gasteiger partial charge on any atom is 0.251 e. The van der Waals surface area contributed by atoms with Gasteiger partial charge in [0, 0.05) is 35.1 Å². The van der Waals surface area contributed by atoms with E-state index < -0.39 is 0 Å². The van der Waals surface area contributed by atoms with Gasteiger partial charge in [-0.3, -0.25) is 9.59 Å². The average Bonchev–Trinajstić information content (AvgIpc) is 2.68. The lowest BCUT2D eigenvalue weighted by atomic mass is 10.1. The molecule has 2 N–H and O–H groups in total. The van der Waals surface area contributed by atoms with Gasteiger partial charge in [0.15, 0.2) is 5.78 Å². The van der Waals surface area contributed by atoms with Gasteiger partial charge in [0.2, 0.25) is 0 Å². The first-order valence-corrected chi connectivity index (χ1v) is 9.71. The zero-order valence-electron chi connectivity index (χ0n) is 15.2. The zero-order valence-corrected chi connectivity index (χ0v) is 16.7. The van der Waals surface area contributed by atoms with Gasteiger partial charge in [0.1, 0.15) is 0 Å². The molecule has 0 aliphatic rings. The SMILES string of the molecule is O=C(CCNCc1cc(Cl)cc(Cl)c1)CNC(=O)c1ccc2ccccc2c1. The zero-order chi connectivity index (χ0) is 19.9. The fourth-order valence-corrected chi connectivity index (χ4v) is 3.44. The van der Waals surface area contributed by atoms with Gasteiger partial charge in [0.05, 0.1) is 6.54 Å². The molecule has 0 unspecified atom stereocenters. The van der Waals surface area contributed by atoms with Crippen LogP contribution in [-0.4, -0.2) is 24.8 Å². The number of carbonyl (C=O) groups excluding carboxylic acids is 2. The Morgan fingerprint density at radius 2 is 1.57 bits per heavy atom. The highest BCUT2D eigenvalue weighted by molar-refractivity contribution is 6.34. The first kappa shape index (κ1) is 20.3. The molecular weight excluding hydrogens is 395 g/mol. The second-order valence-electron chi connectivity index (χ2n) is 6.49. The summed E-state index contributed by atoms with van der Waals surface area (Å²) in [4.78, 5) is 24.3. The van der Waals surface area contributed by atoms with Gasteiger partial charge in [0.25, 0.3) is 5.91 Å². The van der Waals surface area contributed by atoms with Crippen LogP contribution in [0.15, 0.2) is 60.7 Å². The summed E-state index contributed by atoms with van der Waals surface area (Å²) in [5.41, 5.74) is 1.50. The van der Waals surface area contributed by atoms with Crippen LogP contribution in [0.3, 0.4) is 0 Å². The normalized spacial score (nSPS) is 10.8. The van der Waals surface area contributed by atoms with Crippen LogP contribution in [0.2, 0.25) is 10.0 Å². The molecule has 6 heteroatoms. The van der Waals surface area contributed by atoms with E-state index in [0.29, 0.717) is 35.1 Å². The molecule has 0 aromatic heterocycles. The van der Waals surface area contributed by atoms with E-state index in [9.17, 15) is 9.59 Å². The van der Waals surface area contributed by atoms with Crippen molar-refractivity contribution in [2.45, 2.75) is 13.0 Å². The lowest BCUT2D eigenvalue weighted by Crippen LogP contribution is -2.31. The van der Waals surface area contributed by atoms with E-state index in [-0.39, 0.29) is 18.2 Å². The molecule has 4 nitrogen and oxygen atoms in total. The maximum absolute atomic E-state index is 12.3. The van der Waals surface area contributed by atoms with Crippen molar-refractivity contribution in [3.8, 4) is 0 Å². The van der Waals surface area contributed by atoms with Crippen LogP contribution in [0.1, 0.15) is 22.3 Å². The molecule has 1 amide bonds. The molecule has 0 radical (unpaired) electrons. The highest BCUT2D eigenvalue weighted by Gasteiger charge is 2.09. The van der Waals surface area contributed by atoms with Crippen LogP contribution in [0, 0.1) is 0 Å². The Labute approximate surface area is 173 Å². The highest BCUT2D eigenvalue weighted by Crippen LogP contribution is 2.19. The Morgan fingerprint density at radius 1 is 0.857 bits per heavy atom. The van der Waals surface area contributed by atoms with Gasteiger partial charge in [-0.2, -0.15) is 0 Å². The minimum atomic E-state index is -0.249. The summed E-state index contributed by atoms with van der Waals surface area (Å²) in [5, 5.41) is 9.09. The molecule has 0 saturated heterocycles. The fraction of sp³-hybridized carbons (Fsp3) is 0.182. The van der Waals surface area contributed by atoms with E-state index in [1.807, 2.05) is 48.5 Å². The second kappa shape index (κ2) is 9.69. The molecule has 0 atom stereocenters. The molecule has 0 fully saturated rings. The summed E-state index contributed by atoms with van der Waals surface area (Å²) >= 11 is 11.9. The Morgan fingerprint density at radius 3 is 2.32 bits per heavy atom. The molecule has 0 aliphatic heterocycles. The lowest BCUT2D eigenvalue weighted by molar-refractivity contribution is -0.118. The number of halogens is 2. The molecular formula is C22H20Cl2N2O2. The predicted molar refractivity (Wildman–Crippen MR) is 114 cm³/mol. The summed E-state index contributed by atoms with van der Waals surface area (Å²) in [6, 6.07) is 18.6. The number of Topliss-reactive ketones (excluding diaryl/α,β-unsaturated/α-hetero) is 1. The van der Waals surface area contributed by atoms with Gasteiger partial charge in [-0.05, 0) is 46.7 Å². The molecule has 0 spiro atoms. The molecule has 3 rings (SSSR count). The van der Waals surface area contributed by atoms with E-state index in [1.165, 1.54) is 0 Å². The van der Waals surface area contributed by atoms with E-state index in [0.717, 1.165) is 16.3 Å². The number of amides is 1. The van der Waals surface area contributed by atoms with Crippen LogP contribution >= 0.6 is 23.2 Å². The number of nitrogens with one attached hydrogen (secondary N) is 2. The van der Waals surface area contributed by atoms with E-state index in [4.69, 9.17) is 23.2 Å². The Kier molecular flexibility index (Phi) is 7.04. The summed E-state index contributed by atoms with van der Waals surface area (Å²) in [6.45, 7) is 1.09. The summed E-state index contributed by atoms with van der Waals surface area (Å²) in [5.74, 6) is -0.286. The number of carbonyl (C=O) groups is 2. The largest absolute Gasteiger partial charge is 0.345 e. The van der Waals surface area contributed by atoms with Gasteiger partial charge < -0.3 is 10.6 Å². The number of ketones is 1. The topological polar surface area (TPSA) is 58.2 Å². The van der Waals surface area contributed by atoms with Crippen molar-refractivity contribution in [2.24, 2.45) is 0 Å². The quantitative estimate of drug-likeness (QED) is 0.528. The minimum absolute atomic E-state index is 0.0103. The fourth-order valence-electron chi connectivity index (χ4n) is 2.87. The van der Waals surface area contributed by atoms with Crippen LogP contribution in [0.4, 0.5) is 0 Å². The van der Waals surface area contributed by atoms with Crippen molar-refractivity contribution in [2.75, 3.05) is 13.1 Å². The Bertz CT molecular complexity index is 984. The molecule has 3 aromatic carbocycles. The second-order valence-corrected chi connectivity index (χ2v) is 7.36. The van der Waals surface area contributed by atoms with Crippen LogP contribution < -0.4 is 10.6 Å². The molecule has 0 bridgehead atoms. The summed E-state index contributed by atoms with van der Waals surface area (Å²) < 4.78 is 0. The number of hydrogen-bond donors (Lipinski definition) is 2. The summed E-state index contributed by atoms with van der Waals surface area (Å²) in [7, 11) is 0. The number of benzene rings is 3. The maximum atomic E-state index is 12.3. The highest BCUT2D eigenvalue weighted by atomic mass is 35.5. The van der Waals surface area contributed by atoms with E-state index >= 15 is 0 Å². The van der Waals surface area contributed by atoms with Gasteiger partial charge in [-0.25, -0.2) is 0 Å². The first-order chi connectivity index (χ1) is 13.5. The third-order valence-electron chi connectivity index (χ3n) is 4.29. The van der Waals surface area contributed by atoms with Crippen molar-refractivity contribution in [1.82, 2.24) is 10.6 Å². The van der Waals surface area contributed by atoms with Crippen LogP contribution in [-0.2, 0) is 11.3 Å². The third kappa shape index (κ3) is 5.80. The number of rotatable bonds is 8. The van der Waals surface area contributed by atoms with Crippen molar-refractivity contribution in [3.05, 3.63) is 81.8 Å². The number of hydrogen-bond acceptors (Lipinski definition) is 3. The van der Waals surface area contributed by atoms with Gasteiger partial charge in [-0.1, -0.05) is 53.5 Å². The Balaban J connectivity index is 1.41. The third-order valence-corrected chi connectivity index (χ3v) is 4.73. The van der Waals surface area contributed by atoms with E-state index in [1.54, 1.807) is 12.1 Å². The standard InChI is InChI=1S/C22H20Cl2N2O2/c23-19-9-15(10-20(24)12-19)13-25-8-7-21(27)14-26-22(28)18-6-5-16-3-1-2-4-17(16)11-18/h1-6,9-12,25H,7-8,13-14H2,(H,26,28). The average molecular weight is 415 g/mol. The molecule has 0 aliphatic carbocycles. The van der Waals surface area contributed by atoms with Crippen molar-refractivity contribution < 1.29 is 9.59 Å². The molecule has 0 saturated carbocycles. The summed E-state index contributed by atoms with van der Waals surface area (Å²) in [6.07, 6.45) is 0.326. The Hall–Kier alpha value is -2.40. The predicted octanol–water partition coefficient (Wildman–Crippen LogP) is 4.63. The van der Waals surface area contributed by atoms with Crippen molar-refractivity contribution in [1.29, 1.82) is 0 Å². The minimum Gasteiger partial charge on any atom is -0.345 e. The van der Waals surface area contributed by atoms with Crippen LogP contribution in [0.25, 0.3) is 10.8 Å². The molecule has 144 valence electrons. The number of fused-ring (bicyclic) bond motifs is 1. The monoisotopic (exact) mass is 414 g/mol. The first-order valence-electron chi connectivity index (χ1n) is 8.95. The molecule has 28 heavy (non-hydrogen) atoms. The van der Waals surface area contributed by atoms with Gasteiger partial charge in [-0.15, -0.1) is 0 Å². The smallest absolute Gasteiger partial charge is 0.251 e. The molecule has 0 heterocycles. The lowest BCUT2D eigenvalue weighted by Gasteiger charge is -2.08. The molecule has 3 aromatic rings. The van der Waals surface area contributed by atoms with E-state index in [2.05, 4.69) is 10.6 Å². The van der Waals surface area contributed by atoms with Crippen molar-refractivity contribution in [3.63, 3.8) is 0 Å².